The van der Waals surface area contributed by atoms with Crippen molar-refractivity contribution in [2.24, 2.45) is 14.1 Å². The van der Waals surface area contributed by atoms with E-state index < -0.39 is 12.0 Å². The van der Waals surface area contributed by atoms with Crippen molar-refractivity contribution in [3.05, 3.63) is 39.1 Å². The summed E-state index contributed by atoms with van der Waals surface area (Å²) in [5.74, 6) is 0. The number of hydrogen-bond donors (Lipinski definition) is 1. The summed E-state index contributed by atoms with van der Waals surface area (Å²) in [6.07, 6.45) is 0.370. The molecule has 9 heteroatoms. The molecule has 22 heavy (non-hydrogen) atoms. The van der Waals surface area contributed by atoms with E-state index in [4.69, 9.17) is 12.2 Å². The number of pyridine rings is 1. The predicted octanol–water partition coefficient (Wildman–Crippen LogP) is 2.33. The molecule has 114 valence electrons. The number of fused-ring (bicyclic) bond motifs is 1. The van der Waals surface area contributed by atoms with Crippen LogP contribution in [0.5, 0.6) is 0 Å². The van der Waals surface area contributed by atoms with Crippen molar-refractivity contribution in [1.29, 1.82) is 0 Å². The summed E-state index contributed by atoms with van der Waals surface area (Å²) in [4.78, 5) is 18.7. The van der Waals surface area contributed by atoms with Gasteiger partial charge in [-0.2, -0.15) is 5.10 Å². The van der Waals surface area contributed by atoms with E-state index in [-0.39, 0.29) is 21.4 Å². The van der Waals surface area contributed by atoms with Crippen molar-refractivity contribution in [1.82, 2.24) is 24.3 Å². The standard InChI is InChI=1S/C13H11F2N5OS/c1-19-5-6(4-16-19)8-3-7(10(14)15)9-11(17-8)20(2)13(22)18-12(9)21/h3-5,10H,1-2H3,(H,18,21,22). The fourth-order valence-electron chi connectivity index (χ4n) is 2.24. The van der Waals surface area contributed by atoms with Gasteiger partial charge in [-0.25, -0.2) is 13.8 Å². The van der Waals surface area contributed by atoms with E-state index >= 15 is 0 Å². The third-order valence-corrected chi connectivity index (χ3v) is 3.71. The highest BCUT2D eigenvalue weighted by molar-refractivity contribution is 7.71. The van der Waals surface area contributed by atoms with Crippen LogP contribution in [0.4, 0.5) is 8.78 Å². The summed E-state index contributed by atoms with van der Waals surface area (Å²) in [6, 6.07) is 1.21. The number of aryl methyl sites for hydroxylation is 2. The summed E-state index contributed by atoms with van der Waals surface area (Å²) in [6.45, 7) is 0. The van der Waals surface area contributed by atoms with Crippen molar-refractivity contribution in [3.63, 3.8) is 0 Å². The van der Waals surface area contributed by atoms with Crippen molar-refractivity contribution in [2.75, 3.05) is 0 Å². The molecule has 3 aromatic heterocycles. The van der Waals surface area contributed by atoms with Crippen molar-refractivity contribution >= 4 is 23.3 Å². The van der Waals surface area contributed by atoms with Crippen LogP contribution in [0.25, 0.3) is 22.3 Å². The summed E-state index contributed by atoms with van der Waals surface area (Å²) < 4.78 is 29.8. The summed E-state index contributed by atoms with van der Waals surface area (Å²) in [7, 11) is 3.28. The zero-order valence-corrected chi connectivity index (χ0v) is 12.5. The number of aromatic amines is 1. The van der Waals surface area contributed by atoms with Crippen LogP contribution in [-0.4, -0.2) is 24.3 Å². The van der Waals surface area contributed by atoms with E-state index in [1.165, 1.54) is 16.8 Å². The molecule has 6 nitrogen and oxygen atoms in total. The number of rotatable bonds is 2. The molecule has 0 aromatic carbocycles. The molecule has 0 bridgehead atoms. The number of alkyl halides is 2. The number of H-pyrrole nitrogens is 1. The lowest BCUT2D eigenvalue weighted by Gasteiger charge is -2.10. The van der Waals surface area contributed by atoms with Gasteiger partial charge >= 0.3 is 0 Å². The van der Waals surface area contributed by atoms with E-state index in [0.717, 1.165) is 0 Å². The fraction of sp³-hybridized carbons (Fsp3) is 0.231. The molecule has 3 heterocycles. The van der Waals surface area contributed by atoms with Gasteiger partial charge in [-0.05, 0) is 18.3 Å². The highest BCUT2D eigenvalue weighted by atomic mass is 32.1. The summed E-state index contributed by atoms with van der Waals surface area (Å²) in [5.41, 5.74) is -0.0382. The number of aromatic nitrogens is 5. The van der Waals surface area contributed by atoms with Gasteiger partial charge in [0.05, 0.1) is 17.3 Å². The molecule has 0 saturated carbocycles. The Morgan fingerprint density at radius 1 is 1.36 bits per heavy atom. The Morgan fingerprint density at radius 3 is 2.68 bits per heavy atom. The quantitative estimate of drug-likeness (QED) is 0.735. The smallest absolute Gasteiger partial charge is 0.264 e. The van der Waals surface area contributed by atoms with Crippen LogP contribution >= 0.6 is 12.2 Å². The average molecular weight is 323 g/mol. The van der Waals surface area contributed by atoms with E-state index in [1.54, 1.807) is 25.0 Å². The SMILES string of the molecule is Cn1cc(-c2cc(C(F)F)c3c(=O)[nH]c(=S)n(C)c3n2)cn1. The molecule has 0 aliphatic carbocycles. The normalized spacial score (nSPS) is 11.5. The highest BCUT2D eigenvalue weighted by Crippen LogP contribution is 2.29. The molecule has 0 aliphatic rings. The first kappa shape index (κ1) is 14.5. The number of nitrogens with zero attached hydrogens (tertiary/aromatic N) is 4. The molecular weight excluding hydrogens is 312 g/mol. The summed E-state index contributed by atoms with van der Waals surface area (Å²) in [5, 5.41) is 3.85. The lowest BCUT2D eigenvalue weighted by atomic mass is 10.1. The Balaban J connectivity index is 2.46. The maximum absolute atomic E-state index is 13.4. The van der Waals surface area contributed by atoms with Gasteiger partial charge in [0.25, 0.3) is 12.0 Å². The Morgan fingerprint density at radius 2 is 2.09 bits per heavy atom. The maximum atomic E-state index is 13.4. The van der Waals surface area contributed by atoms with Gasteiger partial charge in [0.2, 0.25) is 0 Å². The minimum absolute atomic E-state index is 0.116. The van der Waals surface area contributed by atoms with E-state index in [2.05, 4.69) is 15.1 Å². The lowest BCUT2D eigenvalue weighted by molar-refractivity contribution is 0.153. The van der Waals surface area contributed by atoms with Gasteiger partial charge in [-0.1, -0.05) is 0 Å². The average Bonchev–Trinajstić information content (AvgIpc) is 2.90. The van der Waals surface area contributed by atoms with Crippen LogP contribution in [0, 0.1) is 4.77 Å². The first-order valence-electron chi connectivity index (χ1n) is 6.29. The van der Waals surface area contributed by atoms with Gasteiger partial charge < -0.3 is 4.57 Å². The predicted molar refractivity (Wildman–Crippen MR) is 79.3 cm³/mol. The molecular formula is C13H11F2N5OS. The Bertz CT molecular complexity index is 988. The Kier molecular flexibility index (Phi) is 3.36. The molecule has 0 atom stereocenters. The summed E-state index contributed by atoms with van der Waals surface area (Å²) >= 11 is 5.00. The minimum atomic E-state index is -2.81. The first-order valence-corrected chi connectivity index (χ1v) is 6.70. The molecule has 3 aromatic rings. The van der Waals surface area contributed by atoms with Crippen LogP contribution in [0.1, 0.15) is 12.0 Å². The third kappa shape index (κ3) is 2.23. The van der Waals surface area contributed by atoms with E-state index in [9.17, 15) is 13.6 Å². The van der Waals surface area contributed by atoms with Crippen LogP contribution in [0.2, 0.25) is 0 Å². The molecule has 0 fully saturated rings. The second-order valence-corrected chi connectivity index (χ2v) is 5.20. The van der Waals surface area contributed by atoms with Crippen molar-refractivity contribution in [2.45, 2.75) is 6.43 Å². The second kappa shape index (κ2) is 5.09. The molecule has 1 N–H and O–H groups in total. The second-order valence-electron chi connectivity index (χ2n) is 4.82. The maximum Gasteiger partial charge on any atom is 0.264 e. The number of halogens is 2. The van der Waals surface area contributed by atoms with Gasteiger partial charge in [0, 0.05) is 31.4 Å². The van der Waals surface area contributed by atoms with Gasteiger partial charge in [-0.15, -0.1) is 0 Å². The topological polar surface area (TPSA) is 68.5 Å². The van der Waals surface area contributed by atoms with Crippen molar-refractivity contribution in [3.8, 4) is 11.3 Å². The monoisotopic (exact) mass is 323 g/mol. The van der Waals surface area contributed by atoms with Crippen LogP contribution in [0.3, 0.4) is 0 Å². The molecule has 0 amide bonds. The zero-order valence-electron chi connectivity index (χ0n) is 11.7. The van der Waals surface area contributed by atoms with Gasteiger partial charge in [-0.3, -0.25) is 14.5 Å². The molecule has 3 rings (SSSR count). The zero-order chi connectivity index (χ0) is 16.0. The number of nitrogens with one attached hydrogen (secondary N) is 1. The largest absolute Gasteiger partial charge is 0.306 e. The highest BCUT2D eigenvalue weighted by Gasteiger charge is 2.19. The lowest BCUT2D eigenvalue weighted by Crippen LogP contribution is -2.16. The minimum Gasteiger partial charge on any atom is -0.306 e. The Labute approximate surface area is 128 Å². The van der Waals surface area contributed by atoms with E-state index in [1.807, 2.05) is 0 Å². The Hall–Kier alpha value is -2.42. The molecule has 0 spiro atoms. The third-order valence-electron chi connectivity index (χ3n) is 3.34. The first-order chi connectivity index (χ1) is 10.4. The molecule has 0 radical (unpaired) electrons. The molecule has 0 aliphatic heterocycles. The molecule has 0 unspecified atom stereocenters. The fourth-order valence-corrected chi connectivity index (χ4v) is 2.42. The van der Waals surface area contributed by atoms with Crippen LogP contribution in [0.15, 0.2) is 23.3 Å². The van der Waals surface area contributed by atoms with Gasteiger partial charge in [0.15, 0.2) is 4.77 Å². The van der Waals surface area contributed by atoms with Crippen LogP contribution < -0.4 is 5.56 Å². The molecule has 0 saturated heterocycles. The number of hydrogen-bond acceptors (Lipinski definition) is 4. The van der Waals surface area contributed by atoms with Crippen LogP contribution in [-0.2, 0) is 14.1 Å². The van der Waals surface area contributed by atoms with Gasteiger partial charge in [0.1, 0.15) is 5.65 Å². The van der Waals surface area contributed by atoms with E-state index in [0.29, 0.717) is 11.3 Å². The van der Waals surface area contributed by atoms with Crippen molar-refractivity contribution < 1.29 is 8.78 Å².